The van der Waals surface area contributed by atoms with Crippen LogP contribution in [0.5, 0.6) is 0 Å². The van der Waals surface area contributed by atoms with Gasteiger partial charge in [0.15, 0.2) is 11.6 Å². The van der Waals surface area contributed by atoms with Crippen molar-refractivity contribution in [1.29, 1.82) is 0 Å². The molecule has 1 fully saturated rings. The summed E-state index contributed by atoms with van der Waals surface area (Å²) in [6, 6.07) is 13.0. The fourth-order valence-electron chi connectivity index (χ4n) is 3.57. The first kappa shape index (κ1) is 21.5. The normalized spacial score (nSPS) is 15.0. The maximum absolute atomic E-state index is 14.1. The van der Waals surface area contributed by atoms with Crippen molar-refractivity contribution < 1.29 is 4.39 Å². The Hall–Kier alpha value is -2.23. The molecule has 0 bridgehead atoms. The second kappa shape index (κ2) is 9.51. The first-order valence-corrected chi connectivity index (χ1v) is 9.70. The number of benzene rings is 1. The van der Waals surface area contributed by atoms with Crippen LogP contribution in [0.1, 0.15) is 30.7 Å². The SMILES string of the molecule is CN=C(NCCCc1nnc2ccccn12)NCC1(c2ccccc2F)CC1.I. The average molecular weight is 508 g/mol. The van der Waals surface area contributed by atoms with Gasteiger partial charge in [0, 0.05) is 38.2 Å². The molecule has 2 N–H and O–H groups in total. The number of nitrogens with zero attached hydrogens (tertiary/aromatic N) is 4. The van der Waals surface area contributed by atoms with E-state index in [1.165, 1.54) is 6.07 Å². The van der Waals surface area contributed by atoms with Crippen LogP contribution in [-0.4, -0.2) is 40.7 Å². The van der Waals surface area contributed by atoms with Crippen LogP contribution in [0.4, 0.5) is 4.39 Å². The van der Waals surface area contributed by atoms with E-state index in [1.807, 2.05) is 40.9 Å². The Morgan fingerprint density at radius 1 is 1.14 bits per heavy atom. The lowest BCUT2D eigenvalue weighted by atomic mass is 9.95. The maximum Gasteiger partial charge on any atom is 0.191 e. The molecule has 1 saturated carbocycles. The van der Waals surface area contributed by atoms with Crippen molar-refractivity contribution in [2.24, 2.45) is 4.99 Å². The molecule has 4 rings (SSSR count). The third kappa shape index (κ3) is 4.85. The minimum atomic E-state index is -0.120. The number of halogens is 2. The van der Waals surface area contributed by atoms with E-state index in [-0.39, 0.29) is 35.2 Å². The molecular formula is C21H26FIN6. The van der Waals surface area contributed by atoms with Crippen LogP contribution >= 0.6 is 24.0 Å². The van der Waals surface area contributed by atoms with Gasteiger partial charge in [0.25, 0.3) is 0 Å². The fraction of sp³-hybridized carbons (Fsp3) is 0.381. The van der Waals surface area contributed by atoms with Gasteiger partial charge in [-0.15, -0.1) is 34.2 Å². The van der Waals surface area contributed by atoms with E-state index in [2.05, 4.69) is 25.8 Å². The Bertz CT molecular complexity index is 982. The molecule has 0 spiro atoms. The highest BCUT2D eigenvalue weighted by molar-refractivity contribution is 14.0. The molecule has 3 aromatic rings. The summed E-state index contributed by atoms with van der Waals surface area (Å²) in [5, 5.41) is 15.1. The topological polar surface area (TPSA) is 66.6 Å². The molecule has 154 valence electrons. The smallest absolute Gasteiger partial charge is 0.191 e. The number of aliphatic imine (C=N–C) groups is 1. The van der Waals surface area contributed by atoms with Crippen LogP contribution in [-0.2, 0) is 11.8 Å². The zero-order valence-corrected chi connectivity index (χ0v) is 18.8. The highest BCUT2D eigenvalue weighted by Gasteiger charge is 2.45. The molecule has 0 unspecified atom stereocenters. The van der Waals surface area contributed by atoms with Crippen molar-refractivity contribution in [1.82, 2.24) is 25.2 Å². The standard InChI is InChI=1S/C21H25FN6.HI/c1-23-20(25-15-21(11-12-21)16-7-2-3-8-17(16)22)24-13-6-10-19-27-26-18-9-4-5-14-28(18)19;/h2-5,7-9,14H,6,10-13,15H2,1H3,(H2,23,24,25);1H. The van der Waals surface area contributed by atoms with Crippen molar-refractivity contribution in [2.75, 3.05) is 20.1 Å². The van der Waals surface area contributed by atoms with E-state index in [1.54, 1.807) is 13.1 Å². The minimum Gasteiger partial charge on any atom is -0.356 e. The van der Waals surface area contributed by atoms with Crippen molar-refractivity contribution in [3.8, 4) is 0 Å². The zero-order valence-electron chi connectivity index (χ0n) is 16.4. The van der Waals surface area contributed by atoms with E-state index < -0.39 is 0 Å². The summed E-state index contributed by atoms with van der Waals surface area (Å²) in [6.07, 6.45) is 5.72. The molecule has 0 amide bonds. The Morgan fingerprint density at radius 3 is 2.69 bits per heavy atom. The van der Waals surface area contributed by atoms with Crippen LogP contribution in [0.25, 0.3) is 5.65 Å². The van der Waals surface area contributed by atoms with Gasteiger partial charge in [-0.2, -0.15) is 0 Å². The molecule has 6 nitrogen and oxygen atoms in total. The van der Waals surface area contributed by atoms with Crippen LogP contribution < -0.4 is 10.6 Å². The van der Waals surface area contributed by atoms with Gasteiger partial charge in [-0.1, -0.05) is 24.3 Å². The Kier molecular flexibility index (Phi) is 7.05. The van der Waals surface area contributed by atoms with E-state index in [9.17, 15) is 4.39 Å². The quantitative estimate of drug-likeness (QED) is 0.223. The highest BCUT2D eigenvalue weighted by atomic mass is 127. The van der Waals surface area contributed by atoms with Crippen molar-refractivity contribution in [2.45, 2.75) is 31.1 Å². The van der Waals surface area contributed by atoms with Crippen LogP contribution in [0.3, 0.4) is 0 Å². The van der Waals surface area contributed by atoms with E-state index in [4.69, 9.17) is 0 Å². The second-order valence-corrected chi connectivity index (χ2v) is 7.26. The first-order chi connectivity index (χ1) is 13.7. The van der Waals surface area contributed by atoms with Crippen molar-refractivity contribution >= 4 is 35.6 Å². The number of rotatable bonds is 7. The van der Waals surface area contributed by atoms with E-state index in [0.717, 1.165) is 55.2 Å². The molecule has 2 heterocycles. The molecule has 1 aliphatic rings. The highest BCUT2D eigenvalue weighted by Crippen LogP contribution is 2.48. The van der Waals surface area contributed by atoms with Crippen molar-refractivity contribution in [3.05, 3.63) is 65.9 Å². The molecule has 0 atom stereocenters. The predicted octanol–water partition coefficient (Wildman–Crippen LogP) is 3.32. The maximum atomic E-state index is 14.1. The molecule has 8 heteroatoms. The molecule has 1 aromatic carbocycles. The second-order valence-electron chi connectivity index (χ2n) is 7.26. The lowest BCUT2D eigenvalue weighted by Gasteiger charge is -2.19. The number of fused-ring (bicyclic) bond motifs is 1. The summed E-state index contributed by atoms with van der Waals surface area (Å²) in [4.78, 5) is 4.29. The molecule has 0 radical (unpaired) electrons. The van der Waals surface area contributed by atoms with Gasteiger partial charge >= 0.3 is 0 Å². The molecule has 0 aliphatic heterocycles. The molecule has 0 saturated heterocycles. The molecule has 1 aliphatic carbocycles. The number of hydrogen-bond acceptors (Lipinski definition) is 3. The Labute approximate surface area is 187 Å². The molecular weight excluding hydrogens is 482 g/mol. The number of guanidine groups is 1. The van der Waals surface area contributed by atoms with Gasteiger partial charge in [0.05, 0.1) is 0 Å². The van der Waals surface area contributed by atoms with Gasteiger partial charge < -0.3 is 10.6 Å². The van der Waals surface area contributed by atoms with Crippen LogP contribution in [0, 0.1) is 5.82 Å². The van der Waals surface area contributed by atoms with E-state index in [0.29, 0.717) is 6.54 Å². The third-order valence-corrected chi connectivity index (χ3v) is 5.37. The summed E-state index contributed by atoms with van der Waals surface area (Å²) in [5.74, 6) is 1.58. The molecule has 2 aromatic heterocycles. The zero-order chi connectivity index (χ0) is 19.4. The predicted molar refractivity (Wildman–Crippen MR) is 123 cm³/mol. The largest absolute Gasteiger partial charge is 0.356 e. The summed E-state index contributed by atoms with van der Waals surface area (Å²) < 4.78 is 16.2. The number of aryl methyl sites for hydroxylation is 1. The van der Waals surface area contributed by atoms with Crippen molar-refractivity contribution in [3.63, 3.8) is 0 Å². The number of nitrogens with one attached hydrogen (secondary N) is 2. The van der Waals surface area contributed by atoms with Gasteiger partial charge in [-0.3, -0.25) is 9.39 Å². The van der Waals surface area contributed by atoms with Gasteiger partial charge in [0.1, 0.15) is 11.6 Å². The monoisotopic (exact) mass is 508 g/mol. The van der Waals surface area contributed by atoms with Gasteiger partial charge in [-0.25, -0.2) is 4.39 Å². The van der Waals surface area contributed by atoms with Gasteiger partial charge in [0.2, 0.25) is 0 Å². The first-order valence-electron chi connectivity index (χ1n) is 9.70. The summed E-state index contributed by atoms with van der Waals surface area (Å²) in [5.41, 5.74) is 1.56. The summed E-state index contributed by atoms with van der Waals surface area (Å²) in [7, 11) is 1.75. The van der Waals surface area contributed by atoms with Gasteiger partial charge in [-0.05, 0) is 43.0 Å². The number of hydrogen-bond donors (Lipinski definition) is 2. The Morgan fingerprint density at radius 2 is 1.93 bits per heavy atom. The minimum absolute atomic E-state index is 0. The van der Waals surface area contributed by atoms with Crippen LogP contribution in [0.2, 0.25) is 0 Å². The van der Waals surface area contributed by atoms with Crippen LogP contribution in [0.15, 0.2) is 53.7 Å². The average Bonchev–Trinajstić information content (AvgIpc) is 3.40. The number of aromatic nitrogens is 3. The summed E-state index contributed by atoms with van der Waals surface area (Å²) >= 11 is 0. The Balaban J connectivity index is 0.00000240. The molecule has 29 heavy (non-hydrogen) atoms. The third-order valence-electron chi connectivity index (χ3n) is 5.37. The fourth-order valence-corrected chi connectivity index (χ4v) is 3.57. The van der Waals surface area contributed by atoms with E-state index >= 15 is 0 Å². The lowest BCUT2D eigenvalue weighted by molar-refractivity contribution is 0.559. The lowest BCUT2D eigenvalue weighted by Crippen LogP contribution is -2.41. The summed E-state index contributed by atoms with van der Waals surface area (Å²) in [6.45, 7) is 1.45. The number of pyridine rings is 1.